The molecular formula is C15H13ClO3. The van der Waals surface area contributed by atoms with Crippen LogP contribution in [0.15, 0.2) is 42.5 Å². The van der Waals surface area contributed by atoms with Gasteiger partial charge in [0.2, 0.25) is 0 Å². The molecule has 0 saturated heterocycles. The first-order chi connectivity index (χ1) is 9.24. The third-order valence-electron chi connectivity index (χ3n) is 2.49. The Hall–Kier alpha value is -2.00. The molecule has 2 aromatic rings. The van der Waals surface area contributed by atoms with E-state index in [1.54, 1.807) is 30.3 Å². The van der Waals surface area contributed by atoms with Crippen LogP contribution in [0.5, 0.6) is 17.2 Å². The van der Waals surface area contributed by atoms with Gasteiger partial charge in [0.25, 0.3) is 0 Å². The smallest absolute Gasteiger partial charge is 0.155 e. The molecule has 0 aliphatic carbocycles. The third kappa shape index (κ3) is 3.26. The first kappa shape index (κ1) is 13.4. The number of halogens is 1. The largest absolute Gasteiger partial charge is 0.494 e. The Kier molecular flexibility index (Phi) is 4.42. The molecule has 0 aliphatic heterocycles. The molecule has 2 aromatic carbocycles. The molecule has 0 radical (unpaired) electrons. The second-order valence-electron chi connectivity index (χ2n) is 3.78. The Morgan fingerprint density at radius 2 is 1.79 bits per heavy atom. The number of hydrogen-bond donors (Lipinski definition) is 0. The highest BCUT2D eigenvalue weighted by atomic mass is 35.5. The molecule has 0 amide bonds. The number of benzene rings is 2. The normalized spacial score (nSPS) is 10.0. The van der Waals surface area contributed by atoms with Gasteiger partial charge in [0.1, 0.15) is 17.2 Å². The van der Waals surface area contributed by atoms with Crippen LogP contribution in [0.2, 0.25) is 5.02 Å². The minimum Gasteiger partial charge on any atom is -0.494 e. The van der Waals surface area contributed by atoms with Crippen LogP contribution >= 0.6 is 11.6 Å². The zero-order valence-corrected chi connectivity index (χ0v) is 11.2. The summed E-state index contributed by atoms with van der Waals surface area (Å²) in [4.78, 5) is 11.0. The van der Waals surface area contributed by atoms with E-state index in [4.69, 9.17) is 21.1 Å². The van der Waals surface area contributed by atoms with E-state index in [2.05, 4.69) is 0 Å². The molecule has 0 saturated carbocycles. The quantitative estimate of drug-likeness (QED) is 0.762. The molecule has 0 atom stereocenters. The lowest BCUT2D eigenvalue weighted by molar-refractivity contribution is 0.112. The monoisotopic (exact) mass is 276 g/mol. The fraction of sp³-hybridized carbons (Fsp3) is 0.133. The first-order valence-corrected chi connectivity index (χ1v) is 6.26. The van der Waals surface area contributed by atoms with Crippen LogP contribution in [0, 0.1) is 0 Å². The van der Waals surface area contributed by atoms with Crippen molar-refractivity contribution in [2.45, 2.75) is 6.92 Å². The minimum atomic E-state index is 0.345. The van der Waals surface area contributed by atoms with E-state index in [9.17, 15) is 4.79 Å². The molecule has 0 spiro atoms. The Labute approximate surface area is 116 Å². The topological polar surface area (TPSA) is 35.5 Å². The molecule has 0 unspecified atom stereocenters. The Morgan fingerprint density at radius 1 is 1.11 bits per heavy atom. The third-order valence-corrected chi connectivity index (χ3v) is 2.82. The molecule has 0 heterocycles. The summed E-state index contributed by atoms with van der Waals surface area (Å²) in [5, 5.41) is 0.374. The van der Waals surface area contributed by atoms with Crippen molar-refractivity contribution in [2.24, 2.45) is 0 Å². The van der Waals surface area contributed by atoms with Crippen molar-refractivity contribution in [3.63, 3.8) is 0 Å². The SMILES string of the molecule is CCOc1ccc(Oc2cccc(Cl)c2C=O)cc1. The van der Waals surface area contributed by atoms with Crippen LogP contribution in [0.1, 0.15) is 17.3 Å². The van der Waals surface area contributed by atoms with Gasteiger partial charge in [0.05, 0.1) is 17.2 Å². The van der Waals surface area contributed by atoms with E-state index in [1.165, 1.54) is 0 Å². The van der Waals surface area contributed by atoms with E-state index in [0.717, 1.165) is 5.75 Å². The van der Waals surface area contributed by atoms with Gasteiger partial charge in [-0.2, -0.15) is 0 Å². The fourth-order valence-corrected chi connectivity index (χ4v) is 1.83. The minimum absolute atomic E-state index is 0.345. The second kappa shape index (κ2) is 6.25. The van der Waals surface area contributed by atoms with Crippen molar-refractivity contribution in [1.29, 1.82) is 0 Å². The predicted molar refractivity (Wildman–Crippen MR) is 74.5 cm³/mol. The zero-order chi connectivity index (χ0) is 13.7. The number of hydrogen-bond acceptors (Lipinski definition) is 3. The molecule has 0 aliphatic rings. The molecule has 98 valence electrons. The van der Waals surface area contributed by atoms with Gasteiger partial charge in [-0.05, 0) is 43.3 Å². The van der Waals surface area contributed by atoms with Crippen LogP contribution in [0.3, 0.4) is 0 Å². The van der Waals surface area contributed by atoms with Crippen molar-refractivity contribution >= 4 is 17.9 Å². The lowest BCUT2D eigenvalue weighted by Crippen LogP contribution is -1.93. The van der Waals surface area contributed by atoms with E-state index in [1.807, 2.05) is 19.1 Å². The molecular weight excluding hydrogens is 264 g/mol. The lowest BCUT2D eigenvalue weighted by atomic mass is 10.2. The average Bonchev–Trinajstić information content (AvgIpc) is 2.42. The second-order valence-corrected chi connectivity index (χ2v) is 4.18. The van der Waals surface area contributed by atoms with E-state index >= 15 is 0 Å². The highest BCUT2D eigenvalue weighted by molar-refractivity contribution is 6.33. The summed E-state index contributed by atoms with van der Waals surface area (Å²) in [6.45, 7) is 2.54. The highest BCUT2D eigenvalue weighted by Gasteiger charge is 2.08. The molecule has 2 rings (SSSR count). The van der Waals surface area contributed by atoms with Gasteiger partial charge in [-0.1, -0.05) is 17.7 Å². The number of rotatable bonds is 5. The van der Waals surface area contributed by atoms with Crippen LogP contribution < -0.4 is 9.47 Å². The zero-order valence-electron chi connectivity index (χ0n) is 10.4. The molecule has 0 aromatic heterocycles. The van der Waals surface area contributed by atoms with Gasteiger partial charge in [0.15, 0.2) is 6.29 Å². The van der Waals surface area contributed by atoms with Crippen molar-refractivity contribution in [3.8, 4) is 17.2 Å². The summed E-state index contributed by atoms with van der Waals surface area (Å²) in [6, 6.07) is 12.3. The van der Waals surface area contributed by atoms with Crippen molar-refractivity contribution in [3.05, 3.63) is 53.1 Å². The van der Waals surface area contributed by atoms with Gasteiger partial charge in [0, 0.05) is 0 Å². The lowest BCUT2D eigenvalue weighted by Gasteiger charge is -2.09. The van der Waals surface area contributed by atoms with E-state index < -0.39 is 0 Å². The average molecular weight is 277 g/mol. The maximum Gasteiger partial charge on any atom is 0.155 e. The number of carbonyl (C=O) groups is 1. The van der Waals surface area contributed by atoms with E-state index in [0.29, 0.717) is 35.0 Å². The highest BCUT2D eigenvalue weighted by Crippen LogP contribution is 2.29. The number of aldehydes is 1. The fourth-order valence-electron chi connectivity index (χ4n) is 1.62. The molecule has 3 nitrogen and oxygen atoms in total. The van der Waals surface area contributed by atoms with E-state index in [-0.39, 0.29) is 0 Å². The maximum atomic E-state index is 11.0. The van der Waals surface area contributed by atoms with Gasteiger partial charge in [-0.25, -0.2) is 0 Å². The summed E-state index contributed by atoms with van der Waals surface area (Å²) in [7, 11) is 0. The Balaban J connectivity index is 2.21. The van der Waals surface area contributed by atoms with Gasteiger partial charge in [-0.3, -0.25) is 4.79 Å². The summed E-state index contributed by atoms with van der Waals surface area (Å²) in [6.07, 6.45) is 0.687. The van der Waals surface area contributed by atoms with Crippen molar-refractivity contribution in [2.75, 3.05) is 6.61 Å². The van der Waals surface area contributed by atoms with Gasteiger partial charge in [-0.15, -0.1) is 0 Å². The number of carbonyl (C=O) groups excluding carboxylic acids is 1. The summed E-state index contributed by atoms with van der Waals surface area (Å²) in [5.74, 6) is 1.83. The molecule has 4 heteroatoms. The molecule has 19 heavy (non-hydrogen) atoms. The molecule has 0 fully saturated rings. The van der Waals surface area contributed by atoms with Gasteiger partial charge >= 0.3 is 0 Å². The molecule has 0 N–H and O–H groups in total. The summed E-state index contributed by atoms with van der Waals surface area (Å²) in [5.41, 5.74) is 0.345. The van der Waals surface area contributed by atoms with Crippen molar-refractivity contribution < 1.29 is 14.3 Å². The first-order valence-electron chi connectivity index (χ1n) is 5.89. The Morgan fingerprint density at radius 3 is 2.42 bits per heavy atom. The van der Waals surface area contributed by atoms with Crippen LogP contribution in [-0.2, 0) is 0 Å². The number of ether oxygens (including phenoxy) is 2. The van der Waals surface area contributed by atoms with Gasteiger partial charge < -0.3 is 9.47 Å². The van der Waals surface area contributed by atoms with Crippen LogP contribution in [0.4, 0.5) is 0 Å². The van der Waals surface area contributed by atoms with Crippen LogP contribution in [-0.4, -0.2) is 12.9 Å². The summed E-state index contributed by atoms with van der Waals surface area (Å²) < 4.78 is 11.0. The standard InChI is InChI=1S/C15H13ClO3/c1-2-18-11-6-8-12(9-7-11)19-15-5-3-4-14(16)13(15)10-17/h3-10H,2H2,1H3. The van der Waals surface area contributed by atoms with Crippen molar-refractivity contribution in [1.82, 2.24) is 0 Å². The predicted octanol–water partition coefficient (Wildman–Crippen LogP) is 4.34. The maximum absolute atomic E-state index is 11.0. The molecule has 0 bridgehead atoms. The Bertz CT molecular complexity index is 564. The summed E-state index contributed by atoms with van der Waals surface area (Å²) >= 11 is 5.93. The van der Waals surface area contributed by atoms with Crippen LogP contribution in [0.25, 0.3) is 0 Å².